The smallest absolute Gasteiger partial charge is 0.0367 e. The van der Waals surface area contributed by atoms with Gasteiger partial charge in [-0.2, -0.15) is 0 Å². The van der Waals surface area contributed by atoms with Crippen molar-refractivity contribution in [1.29, 1.82) is 0 Å². The van der Waals surface area contributed by atoms with Crippen LogP contribution >= 0.6 is 0 Å². The molecule has 1 aromatic rings. The lowest BCUT2D eigenvalue weighted by atomic mass is 9.99. The average Bonchev–Trinajstić information content (AvgIpc) is 2.43. The zero-order chi connectivity index (χ0) is 14.6. The van der Waals surface area contributed by atoms with Crippen molar-refractivity contribution < 1.29 is 0 Å². The molecule has 1 saturated heterocycles. The molecule has 1 aliphatic heterocycles. The molecule has 1 aliphatic rings. The lowest BCUT2D eigenvalue weighted by Crippen LogP contribution is -2.57. The second kappa shape index (κ2) is 6.59. The Morgan fingerprint density at radius 3 is 2.45 bits per heavy atom. The van der Waals surface area contributed by atoms with E-state index in [1.165, 1.54) is 17.7 Å². The Hall–Kier alpha value is -1.06. The van der Waals surface area contributed by atoms with E-state index >= 15 is 0 Å². The summed E-state index contributed by atoms with van der Waals surface area (Å²) in [4.78, 5) is 4.95. The molecule has 3 heteroatoms. The summed E-state index contributed by atoms with van der Waals surface area (Å²) in [6.45, 7) is 12.3. The van der Waals surface area contributed by atoms with Gasteiger partial charge < -0.3 is 10.2 Å². The fourth-order valence-electron chi connectivity index (χ4n) is 2.69. The van der Waals surface area contributed by atoms with Crippen molar-refractivity contribution in [2.45, 2.75) is 39.3 Å². The van der Waals surface area contributed by atoms with E-state index in [2.05, 4.69) is 67.2 Å². The Kier molecular flexibility index (Phi) is 5.06. The number of nitrogens with one attached hydrogen (secondary N) is 1. The van der Waals surface area contributed by atoms with Gasteiger partial charge in [-0.15, -0.1) is 0 Å². The van der Waals surface area contributed by atoms with Crippen molar-refractivity contribution in [1.82, 2.24) is 10.2 Å². The minimum atomic E-state index is 0.250. The van der Waals surface area contributed by atoms with Crippen LogP contribution in [-0.4, -0.2) is 43.7 Å². The quantitative estimate of drug-likeness (QED) is 0.834. The van der Waals surface area contributed by atoms with Gasteiger partial charge in [0, 0.05) is 37.4 Å². The van der Waals surface area contributed by atoms with Gasteiger partial charge in [0.15, 0.2) is 0 Å². The van der Waals surface area contributed by atoms with E-state index in [0.29, 0.717) is 0 Å². The van der Waals surface area contributed by atoms with Gasteiger partial charge in [0.1, 0.15) is 0 Å². The number of likely N-dealkylation sites (N-methyl/N-ethyl adjacent to an activating group) is 1. The van der Waals surface area contributed by atoms with Crippen LogP contribution in [0.3, 0.4) is 0 Å². The molecule has 1 heterocycles. The predicted octanol–water partition coefficient (Wildman–Crippen LogP) is 2.72. The molecule has 0 unspecified atom stereocenters. The molecule has 0 saturated carbocycles. The van der Waals surface area contributed by atoms with Crippen LogP contribution in [0.25, 0.3) is 0 Å². The van der Waals surface area contributed by atoms with Gasteiger partial charge in [-0.25, -0.2) is 0 Å². The van der Waals surface area contributed by atoms with Crippen LogP contribution in [0.1, 0.15) is 32.8 Å². The van der Waals surface area contributed by atoms with Crippen molar-refractivity contribution in [3.8, 4) is 0 Å². The molecule has 20 heavy (non-hydrogen) atoms. The molecule has 0 aromatic heterocycles. The van der Waals surface area contributed by atoms with Crippen molar-refractivity contribution >= 4 is 5.69 Å². The van der Waals surface area contributed by atoms with Crippen LogP contribution in [0.5, 0.6) is 0 Å². The van der Waals surface area contributed by atoms with Crippen LogP contribution in [0.4, 0.5) is 5.69 Å². The first-order valence-corrected chi connectivity index (χ1v) is 7.79. The number of nitrogens with zero attached hydrogens (tertiary/aromatic N) is 2. The third-order valence-corrected chi connectivity index (χ3v) is 4.37. The highest BCUT2D eigenvalue weighted by molar-refractivity contribution is 5.48. The van der Waals surface area contributed by atoms with Crippen LogP contribution in [-0.2, 0) is 6.54 Å². The Morgan fingerprint density at radius 2 is 1.85 bits per heavy atom. The number of rotatable bonds is 5. The van der Waals surface area contributed by atoms with Crippen LogP contribution in [0.15, 0.2) is 24.3 Å². The summed E-state index contributed by atoms with van der Waals surface area (Å²) in [5.41, 5.74) is 2.97. The van der Waals surface area contributed by atoms with Gasteiger partial charge in [-0.1, -0.05) is 19.1 Å². The van der Waals surface area contributed by atoms with Gasteiger partial charge in [0.05, 0.1) is 0 Å². The molecule has 0 aliphatic carbocycles. The monoisotopic (exact) mass is 275 g/mol. The van der Waals surface area contributed by atoms with Crippen molar-refractivity contribution in [3.63, 3.8) is 0 Å². The van der Waals surface area contributed by atoms with E-state index in [1.54, 1.807) is 0 Å². The maximum absolute atomic E-state index is 3.45. The maximum atomic E-state index is 3.45. The number of piperazine rings is 1. The Bertz CT molecular complexity index is 411. The fourth-order valence-corrected chi connectivity index (χ4v) is 2.69. The molecule has 1 aromatic carbocycles. The summed E-state index contributed by atoms with van der Waals surface area (Å²) >= 11 is 0. The molecule has 2 rings (SSSR count). The first kappa shape index (κ1) is 15.3. The van der Waals surface area contributed by atoms with E-state index < -0.39 is 0 Å². The fraction of sp³-hybridized carbons (Fsp3) is 0.647. The predicted molar refractivity (Wildman–Crippen MR) is 87.4 cm³/mol. The first-order valence-electron chi connectivity index (χ1n) is 7.79. The summed E-state index contributed by atoms with van der Waals surface area (Å²) in [6.07, 6.45) is 1.19. The number of hydrogen-bond donors (Lipinski definition) is 1. The molecule has 3 nitrogen and oxygen atoms in total. The van der Waals surface area contributed by atoms with E-state index in [9.17, 15) is 0 Å². The highest BCUT2D eigenvalue weighted by atomic mass is 15.3. The molecule has 1 fully saturated rings. The van der Waals surface area contributed by atoms with Gasteiger partial charge in [0.25, 0.3) is 0 Å². The minimum Gasteiger partial charge on any atom is -0.368 e. The van der Waals surface area contributed by atoms with Gasteiger partial charge >= 0.3 is 0 Å². The number of benzene rings is 1. The topological polar surface area (TPSA) is 18.5 Å². The van der Waals surface area contributed by atoms with Crippen LogP contribution in [0.2, 0.25) is 0 Å². The normalized spacial score (nSPS) is 19.3. The third-order valence-electron chi connectivity index (χ3n) is 4.37. The van der Waals surface area contributed by atoms with Gasteiger partial charge in [-0.05, 0) is 51.6 Å². The molecular weight excluding hydrogens is 246 g/mol. The highest BCUT2D eigenvalue weighted by Crippen LogP contribution is 2.24. The van der Waals surface area contributed by atoms with Crippen molar-refractivity contribution in [2.24, 2.45) is 0 Å². The van der Waals surface area contributed by atoms with Crippen LogP contribution < -0.4 is 10.2 Å². The molecule has 0 atom stereocenters. The first-order chi connectivity index (χ1) is 9.53. The molecule has 1 N–H and O–H groups in total. The largest absolute Gasteiger partial charge is 0.368 e. The molecule has 112 valence electrons. The van der Waals surface area contributed by atoms with E-state index in [0.717, 1.165) is 32.7 Å². The molecule has 0 spiro atoms. The highest BCUT2D eigenvalue weighted by Gasteiger charge is 2.30. The minimum absolute atomic E-state index is 0.250. The lowest BCUT2D eigenvalue weighted by Gasteiger charge is -2.46. The maximum Gasteiger partial charge on any atom is 0.0367 e. The summed E-state index contributed by atoms with van der Waals surface area (Å²) in [6, 6.07) is 9.04. The molecule has 0 radical (unpaired) electrons. The number of anilines is 1. The SMILES string of the molecule is CCCNCc1ccc(N2CCN(C)C(C)(C)C2)cc1. The Labute approximate surface area is 124 Å². The lowest BCUT2D eigenvalue weighted by molar-refractivity contribution is 0.139. The molecule has 0 bridgehead atoms. The second-order valence-electron chi connectivity index (χ2n) is 6.50. The molecule has 0 amide bonds. The van der Waals surface area contributed by atoms with Gasteiger partial charge in [-0.3, -0.25) is 4.90 Å². The van der Waals surface area contributed by atoms with Crippen LogP contribution in [0, 0.1) is 0 Å². The van der Waals surface area contributed by atoms with E-state index in [1.807, 2.05) is 0 Å². The van der Waals surface area contributed by atoms with E-state index in [4.69, 9.17) is 0 Å². The number of hydrogen-bond acceptors (Lipinski definition) is 3. The summed E-state index contributed by atoms with van der Waals surface area (Å²) in [7, 11) is 2.22. The van der Waals surface area contributed by atoms with Crippen molar-refractivity contribution in [2.75, 3.05) is 38.1 Å². The zero-order valence-electron chi connectivity index (χ0n) is 13.4. The summed E-state index contributed by atoms with van der Waals surface area (Å²) in [5.74, 6) is 0. The standard InChI is InChI=1S/C17H29N3/c1-5-10-18-13-15-6-8-16(9-7-15)20-12-11-19(4)17(2,3)14-20/h6-9,18H,5,10-14H2,1-4H3. The third kappa shape index (κ3) is 3.74. The average molecular weight is 275 g/mol. The Balaban J connectivity index is 1.96. The van der Waals surface area contributed by atoms with Crippen molar-refractivity contribution in [3.05, 3.63) is 29.8 Å². The summed E-state index contributed by atoms with van der Waals surface area (Å²) in [5, 5.41) is 3.45. The molecular formula is C17H29N3. The zero-order valence-corrected chi connectivity index (χ0v) is 13.4. The Morgan fingerprint density at radius 1 is 1.15 bits per heavy atom. The van der Waals surface area contributed by atoms with Gasteiger partial charge in [0.2, 0.25) is 0 Å². The van der Waals surface area contributed by atoms with E-state index in [-0.39, 0.29) is 5.54 Å². The second-order valence-corrected chi connectivity index (χ2v) is 6.50. The summed E-state index contributed by atoms with van der Waals surface area (Å²) < 4.78 is 0.